The number of thiazole rings is 1. The van der Waals surface area contributed by atoms with Crippen LogP contribution in [0.5, 0.6) is 0 Å². The Labute approximate surface area is 157 Å². The zero-order valence-corrected chi connectivity index (χ0v) is 15.9. The quantitative estimate of drug-likeness (QED) is 0.853. The number of nitrogens with one attached hydrogen (secondary N) is 1. The molecule has 0 spiro atoms. The second-order valence-electron chi connectivity index (χ2n) is 6.76. The molecule has 1 saturated carbocycles. The normalized spacial score (nSPS) is 15.9. The molecule has 2 heterocycles. The van der Waals surface area contributed by atoms with Gasteiger partial charge in [-0.2, -0.15) is 0 Å². The van der Waals surface area contributed by atoms with E-state index < -0.39 is 0 Å². The van der Waals surface area contributed by atoms with Gasteiger partial charge in [0, 0.05) is 18.5 Å². The Kier molecular flexibility index (Phi) is 6.44. The van der Waals surface area contributed by atoms with E-state index in [9.17, 15) is 9.59 Å². The molecule has 1 fully saturated rings. The van der Waals surface area contributed by atoms with Crippen LogP contribution in [0.1, 0.15) is 61.2 Å². The lowest BCUT2D eigenvalue weighted by Gasteiger charge is -2.29. The fraction of sp³-hybridized carbons (Fsp3) is 0.526. The molecule has 3 rings (SSSR count). The largest absolute Gasteiger partial charge is 0.459 e. The van der Waals surface area contributed by atoms with Crippen LogP contribution in [0.3, 0.4) is 0 Å². The number of hydrogen-bond acceptors (Lipinski definition) is 5. The molecule has 26 heavy (non-hydrogen) atoms. The van der Waals surface area contributed by atoms with Gasteiger partial charge >= 0.3 is 0 Å². The van der Waals surface area contributed by atoms with E-state index in [0.717, 1.165) is 12.8 Å². The highest BCUT2D eigenvalue weighted by Crippen LogP contribution is 2.22. The Balaban J connectivity index is 1.54. The molecule has 0 aliphatic heterocycles. The zero-order valence-electron chi connectivity index (χ0n) is 15.1. The maximum atomic E-state index is 12.6. The summed E-state index contributed by atoms with van der Waals surface area (Å²) in [5, 5.41) is 4.99. The van der Waals surface area contributed by atoms with E-state index in [2.05, 4.69) is 10.3 Å². The highest BCUT2D eigenvalue weighted by atomic mass is 32.1. The summed E-state index contributed by atoms with van der Waals surface area (Å²) >= 11 is 1.32. The first-order valence-electron chi connectivity index (χ1n) is 9.18. The van der Waals surface area contributed by atoms with Crippen molar-refractivity contribution in [3.05, 3.63) is 35.2 Å². The van der Waals surface area contributed by atoms with E-state index in [1.165, 1.54) is 49.7 Å². The summed E-state index contributed by atoms with van der Waals surface area (Å²) in [5.74, 6) is -0.0134. The molecule has 0 unspecified atom stereocenters. The second kappa shape index (κ2) is 8.98. The van der Waals surface area contributed by atoms with Crippen molar-refractivity contribution in [2.24, 2.45) is 0 Å². The molecule has 0 bridgehead atoms. The van der Waals surface area contributed by atoms with E-state index in [1.54, 1.807) is 12.1 Å². The van der Waals surface area contributed by atoms with E-state index in [4.69, 9.17) is 4.42 Å². The van der Waals surface area contributed by atoms with Crippen LogP contribution in [0, 0.1) is 0 Å². The SMILES string of the molecule is CN(C(=O)Cc1csc(NC(=O)c2ccco2)n1)C1CCCCCCC1. The Bertz CT molecular complexity index is 718. The summed E-state index contributed by atoms with van der Waals surface area (Å²) < 4.78 is 5.06. The van der Waals surface area contributed by atoms with Crippen molar-refractivity contribution in [2.45, 2.75) is 57.4 Å². The van der Waals surface area contributed by atoms with Crippen LogP contribution in [0.2, 0.25) is 0 Å². The second-order valence-corrected chi connectivity index (χ2v) is 7.61. The van der Waals surface area contributed by atoms with Gasteiger partial charge in [-0.25, -0.2) is 4.98 Å². The van der Waals surface area contributed by atoms with Gasteiger partial charge in [-0.15, -0.1) is 11.3 Å². The minimum atomic E-state index is -0.339. The van der Waals surface area contributed by atoms with Crippen LogP contribution in [-0.2, 0) is 11.2 Å². The van der Waals surface area contributed by atoms with Gasteiger partial charge in [0.15, 0.2) is 10.9 Å². The fourth-order valence-electron chi connectivity index (χ4n) is 3.32. The van der Waals surface area contributed by atoms with Crippen LogP contribution in [0.25, 0.3) is 0 Å². The Hall–Kier alpha value is -2.15. The van der Waals surface area contributed by atoms with Crippen molar-refractivity contribution in [1.29, 1.82) is 0 Å². The van der Waals surface area contributed by atoms with Crippen molar-refractivity contribution >= 4 is 28.3 Å². The predicted octanol–water partition coefficient (Wildman–Crippen LogP) is 4.10. The number of hydrogen-bond donors (Lipinski definition) is 1. The van der Waals surface area contributed by atoms with Crippen LogP contribution < -0.4 is 5.32 Å². The average Bonchev–Trinajstić information content (AvgIpc) is 3.26. The molecule has 2 aromatic rings. The van der Waals surface area contributed by atoms with E-state index in [0.29, 0.717) is 16.9 Å². The average molecular weight is 375 g/mol. The summed E-state index contributed by atoms with van der Waals surface area (Å²) in [6.45, 7) is 0. The minimum Gasteiger partial charge on any atom is -0.459 e. The molecule has 0 aromatic carbocycles. The van der Waals surface area contributed by atoms with Crippen molar-refractivity contribution < 1.29 is 14.0 Å². The number of amides is 2. The third-order valence-electron chi connectivity index (χ3n) is 4.87. The topological polar surface area (TPSA) is 75.4 Å². The van der Waals surface area contributed by atoms with Crippen molar-refractivity contribution in [2.75, 3.05) is 12.4 Å². The molecule has 2 aromatic heterocycles. The number of likely N-dealkylation sites (N-methyl/N-ethyl adjacent to an activating group) is 1. The maximum absolute atomic E-state index is 12.6. The first kappa shape index (κ1) is 18.6. The Morgan fingerprint density at radius 1 is 1.27 bits per heavy atom. The molecule has 0 atom stereocenters. The fourth-order valence-corrected chi connectivity index (χ4v) is 4.02. The lowest BCUT2D eigenvalue weighted by atomic mass is 9.95. The monoisotopic (exact) mass is 375 g/mol. The molecule has 0 radical (unpaired) electrons. The Morgan fingerprint density at radius 3 is 2.69 bits per heavy atom. The molecule has 2 amide bonds. The predicted molar refractivity (Wildman–Crippen MR) is 101 cm³/mol. The molecule has 1 aliphatic rings. The molecule has 1 aliphatic carbocycles. The van der Waals surface area contributed by atoms with Gasteiger partial charge in [0.1, 0.15) is 0 Å². The standard InChI is InChI=1S/C19H25N3O3S/c1-22(15-8-5-3-2-4-6-9-15)17(23)12-14-13-26-19(20-14)21-18(24)16-10-7-11-25-16/h7,10-11,13,15H,2-6,8-9,12H2,1H3,(H,20,21,24). The van der Waals surface area contributed by atoms with E-state index in [-0.39, 0.29) is 24.0 Å². The summed E-state index contributed by atoms with van der Waals surface area (Å²) in [5.41, 5.74) is 0.687. The Morgan fingerprint density at radius 2 is 2.00 bits per heavy atom. The van der Waals surface area contributed by atoms with Gasteiger partial charge in [0.05, 0.1) is 18.4 Å². The van der Waals surface area contributed by atoms with Gasteiger partial charge in [0.2, 0.25) is 5.91 Å². The molecule has 6 nitrogen and oxygen atoms in total. The van der Waals surface area contributed by atoms with Crippen molar-refractivity contribution in [3.8, 4) is 0 Å². The minimum absolute atomic E-state index is 0.0878. The number of carbonyl (C=O) groups excluding carboxylic acids is 2. The molecule has 0 saturated heterocycles. The lowest BCUT2D eigenvalue weighted by molar-refractivity contribution is -0.131. The summed E-state index contributed by atoms with van der Waals surface area (Å²) in [4.78, 5) is 30.8. The number of aromatic nitrogens is 1. The number of anilines is 1. The van der Waals surface area contributed by atoms with Crippen LogP contribution >= 0.6 is 11.3 Å². The maximum Gasteiger partial charge on any atom is 0.293 e. The van der Waals surface area contributed by atoms with E-state index in [1.807, 2.05) is 17.3 Å². The van der Waals surface area contributed by atoms with Gasteiger partial charge in [-0.05, 0) is 25.0 Å². The van der Waals surface area contributed by atoms with Gasteiger partial charge in [0.25, 0.3) is 5.91 Å². The number of rotatable bonds is 5. The first-order valence-corrected chi connectivity index (χ1v) is 10.1. The zero-order chi connectivity index (χ0) is 18.4. The third kappa shape index (κ3) is 4.94. The number of carbonyl (C=O) groups is 2. The third-order valence-corrected chi connectivity index (χ3v) is 5.67. The van der Waals surface area contributed by atoms with E-state index >= 15 is 0 Å². The van der Waals surface area contributed by atoms with Crippen LogP contribution in [0.4, 0.5) is 5.13 Å². The summed E-state index contributed by atoms with van der Waals surface area (Å²) in [6, 6.07) is 3.59. The lowest BCUT2D eigenvalue weighted by Crippen LogP contribution is -2.38. The molecule has 1 N–H and O–H groups in total. The highest BCUT2D eigenvalue weighted by Gasteiger charge is 2.21. The molecule has 7 heteroatoms. The first-order chi connectivity index (χ1) is 12.6. The highest BCUT2D eigenvalue weighted by molar-refractivity contribution is 7.14. The van der Waals surface area contributed by atoms with Crippen molar-refractivity contribution in [1.82, 2.24) is 9.88 Å². The smallest absolute Gasteiger partial charge is 0.293 e. The van der Waals surface area contributed by atoms with Gasteiger partial charge in [-0.1, -0.05) is 32.1 Å². The van der Waals surface area contributed by atoms with Crippen LogP contribution in [-0.4, -0.2) is 34.8 Å². The molecule has 140 valence electrons. The molecular formula is C19H25N3O3S. The number of nitrogens with zero attached hydrogens (tertiary/aromatic N) is 2. The van der Waals surface area contributed by atoms with Crippen molar-refractivity contribution in [3.63, 3.8) is 0 Å². The van der Waals surface area contributed by atoms with Gasteiger partial charge in [-0.3, -0.25) is 14.9 Å². The number of furan rings is 1. The van der Waals surface area contributed by atoms with Crippen LogP contribution in [0.15, 0.2) is 28.2 Å². The summed E-state index contributed by atoms with van der Waals surface area (Å²) in [7, 11) is 1.90. The van der Waals surface area contributed by atoms with Gasteiger partial charge < -0.3 is 9.32 Å². The molecular weight excluding hydrogens is 350 g/mol. The summed E-state index contributed by atoms with van der Waals surface area (Å²) in [6.07, 6.45) is 10.1.